The van der Waals surface area contributed by atoms with Crippen molar-refractivity contribution in [1.82, 2.24) is 4.90 Å². The lowest BCUT2D eigenvalue weighted by atomic mass is 10.0. The Morgan fingerprint density at radius 2 is 1.38 bits per heavy atom. The van der Waals surface area contributed by atoms with Crippen LogP contribution in [0.25, 0.3) is 0 Å². The number of phosphoric ester groups is 1. The van der Waals surface area contributed by atoms with Crippen molar-refractivity contribution in [2.24, 2.45) is 0 Å². The van der Waals surface area contributed by atoms with Gasteiger partial charge in [0.2, 0.25) is 0 Å². The molecule has 0 fully saturated rings. The van der Waals surface area contributed by atoms with Crippen molar-refractivity contribution in [2.45, 2.75) is 103 Å². The van der Waals surface area contributed by atoms with E-state index in [1.165, 1.54) is 77.7 Å². The third-order valence-electron chi connectivity index (χ3n) is 5.68. The average molecular weight is 510 g/mol. The molecule has 1 N–H and O–H groups in total. The highest BCUT2D eigenvalue weighted by atomic mass is 31.2. The number of hydrogen-bond donors (Lipinski definition) is 1. The zero-order valence-electron chi connectivity index (χ0n) is 22.3. The van der Waals surface area contributed by atoms with E-state index in [-0.39, 0.29) is 32.2 Å². The first kappa shape index (κ1) is 33.7. The Labute approximate surface area is 208 Å². The minimum Gasteiger partial charge on any atom is -0.377 e. The summed E-state index contributed by atoms with van der Waals surface area (Å²) in [5.41, 5.74) is 0. The SMILES string of the molecule is CCCCCCCCCCCCCCCC(=O)COCC(COP(=O)(O)OCCN(C)C)OC. The molecule has 0 radical (unpaired) electrons. The molecule has 8 nitrogen and oxygen atoms in total. The zero-order chi connectivity index (χ0) is 25.5. The lowest BCUT2D eigenvalue weighted by molar-refractivity contribution is -0.125. The number of hydrogen-bond acceptors (Lipinski definition) is 7. The third-order valence-corrected chi connectivity index (χ3v) is 6.66. The van der Waals surface area contributed by atoms with E-state index in [1.807, 2.05) is 19.0 Å². The number of likely N-dealkylation sites (N-methyl/N-ethyl adjacent to an activating group) is 1. The molecule has 0 heterocycles. The van der Waals surface area contributed by atoms with Crippen LogP contribution in [-0.4, -0.2) is 75.9 Å². The smallest absolute Gasteiger partial charge is 0.377 e. The van der Waals surface area contributed by atoms with Crippen LogP contribution in [0.2, 0.25) is 0 Å². The van der Waals surface area contributed by atoms with Gasteiger partial charge in [-0.3, -0.25) is 13.8 Å². The quantitative estimate of drug-likeness (QED) is 0.116. The van der Waals surface area contributed by atoms with Crippen molar-refractivity contribution in [2.75, 3.05) is 54.2 Å². The van der Waals surface area contributed by atoms with Gasteiger partial charge < -0.3 is 19.3 Å². The number of nitrogens with zero attached hydrogens (tertiary/aromatic N) is 1. The van der Waals surface area contributed by atoms with E-state index in [1.54, 1.807) is 0 Å². The molecule has 0 aliphatic rings. The second-order valence-corrected chi connectivity index (χ2v) is 10.8. The molecule has 0 saturated carbocycles. The van der Waals surface area contributed by atoms with Crippen LogP contribution in [0, 0.1) is 0 Å². The Morgan fingerprint density at radius 3 is 1.88 bits per heavy atom. The van der Waals surface area contributed by atoms with E-state index in [2.05, 4.69) is 6.92 Å². The van der Waals surface area contributed by atoms with Gasteiger partial charge in [0.05, 0.1) is 19.8 Å². The second-order valence-electron chi connectivity index (χ2n) is 9.30. The Hall–Kier alpha value is -0.340. The summed E-state index contributed by atoms with van der Waals surface area (Å²) in [5.74, 6) is 0.0682. The Morgan fingerprint density at radius 1 is 0.853 bits per heavy atom. The first-order chi connectivity index (χ1) is 16.3. The van der Waals surface area contributed by atoms with Gasteiger partial charge in [-0.2, -0.15) is 0 Å². The molecule has 0 aromatic heterocycles. The molecule has 34 heavy (non-hydrogen) atoms. The highest BCUT2D eigenvalue weighted by Crippen LogP contribution is 2.43. The number of carbonyl (C=O) groups is 1. The molecule has 0 rings (SSSR count). The van der Waals surface area contributed by atoms with Gasteiger partial charge in [-0.25, -0.2) is 4.57 Å². The largest absolute Gasteiger partial charge is 0.472 e. The fourth-order valence-electron chi connectivity index (χ4n) is 3.45. The number of ketones is 1. The molecule has 0 amide bonds. The monoisotopic (exact) mass is 509 g/mol. The van der Waals surface area contributed by atoms with Crippen molar-refractivity contribution in [3.63, 3.8) is 0 Å². The standard InChI is InChI=1S/C25H52NO7P/c1-5-6-7-8-9-10-11-12-13-14-15-16-17-18-24(27)21-31-22-25(30-4)23-33-34(28,29)32-20-19-26(2)3/h25H,5-23H2,1-4H3,(H,28,29). The number of Topliss-reactive ketones (excluding diaryl/α,β-unsaturated/α-hetero) is 1. The highest BCUT2D eigenvalue weighted by molar-refractivity contribution is 7.47. The summed E-state index contributed by atoms with van der Waals surface area (Å²) in [6.45, 7) is 2.82. The summed E-state index contributed by atoms with van der Waals surface area (Å²) in [6.07, 6.45) is 16.6. The molecule has 2 atom stereocenters. The molecule has 204 valence electrons. The van der Waals surface area contributed by atoms with Crippen molar-refractivity contribution in [3.8, 4) is 0 Å². The molecule has 0 aromatic carbocycles. The lowest BCUT2D eigenvalue weighted by Crippen LogP contribution is -2.26. The number of rotatable bonds is 26. The highest BCUT2D eigenvalue weighted by Gasteiger charge is 2.23. The molecular formula is C25H52NO7P. The van der Waals surface area contributed by atoms with E-state index >= 15 is 0 Å². The van der Waals surface area contributed by atoms with Gasteiger partial charge in [0.15, 0.2) is 5.78 Å². The predicted molar refractivity (Wildman–Crippen MR) is 137 cm³/mol. The first-order valence-corrected chi connectivity index (χ1v) is 14.7. The van der Waals surface area contributed by atoms with Gasteiger partial charge in [0.25, 0.3) is 0 Å². The Balaban J connectivity index is 3.62. The minimum atomic E-state index is -4.13. The summed E-state index contributed by atoms with van der Waals surface area (Å²) >= 11 is 0. The van der Waals surface area contributed by atoms with Crippen LogP contribution in [-0.2, 0) is 27.9 Å². The van der Waals surface area contributed by atoms with Crippen LogP contribution in [0.5, 0.6) is 0 Å². The molecule has 0 spiro atoms. The molecule has 0 saturated heterocycles. The zero-order valence-corrected chi connectivity index (χ0v) is 23.2. The van der Waals surface area contributed by atoms with E-state index in [4.69, 9.17) is 18.5 Å². The molecule has 0 aromatic rings. The normalized spacial score (nSPS) is 14.4. The summed E-state index contributed by atoms with van der Waals surface area (Å²) in [7, 11) is 1.00. The molecule has 0 bridgehead atoms. The summed E-state index contributed by atoms with van der Waals surface area (Å²) < 4.78 is 32.3. The van der Waals surface area contributed by atoms with Crippen LogP contribution in [0.4, 0.5) is 0 Å². The van der Waals surface area contributed by atoms with Crippen LogP contribution >= 0.6 is 7.82 Å². The topological polar surface area (TPSA) is 94.5 Å². The fraction of sp³-hybridized carbons (Fsp3) is 0.960. The minimum absolute atomic E-state index is 0.0221. The molecule has 9 heteroatoms. The first-order valence-electron chi connectivity index (χ1n) is 13.2. The summed E-state index contributed by atoms with van der Waals surface area (Å²) in [4.78, 5) is 23.5. The van der Waals surface area contributed by atoms with E-state index in [0.29, 0.717) is 13.0 Å². The number of ether oxygens (including phenoxy) is 2. The number of methoxy groups -OCH3 is 1. The van der Waals surface area contributed by atoms with Gasteiger partial charge in [-0.1, -0.05) is 84.0 Å². The van der Waals surface area contributed by atoms with E-state index in [9.17, 15) is 14.3 Å². The predicted octanol–water partition coefficient (Wildman–Crippen LogP) is 5.76. The Kier molecular flexibility index (Phi) is 22.9. The van der Waals surface area contributed by atoms with E-state index in [0.717, 1.165) is 12.8 Å². The summed E-state index contributed by atoms with van der Waals surface area (Å²) in [5, 5.41) is 0. The number of unbranched alkanes of at least 4 members (excludes halogenated alkanes) is 12. The van der Waals surface area contributed by atoms with Crippen molar-refractivity contribution in [1.29, 1.82) is 0 Å². The van der Waals surface area contributed by atoms with Gasteiger partial charge in [0, 0.05) is 20.1 Å². The Bertz CT molecular complexity index is 519. The molecule has 2 unspecified atom stereocenters. The summed E-state index contributed by atoms with van der Waals surface area (Å²) in [6, 6.07) is 0. The van der Waals surface area contributed by atoms with Crippen molar-refractivity contribution in [3.05, 3.63) is 0 Å². The van der Waals surface area contributed by atoms with Gasteiger partial charge in [-0.15, -0.1) is 0 Å². The third kappa shape index (κ3) is 23.4. The van der Waals surface area contributed by atoms with Crippen LogP contribution in [0.15, 0.2) is 0 Å². The maximum absolute atomic E-state index is 12.0. The molecule has 0 aliphatic carbocycles. The molecular weight excluding hydrogens is 457 g/mol. The second kappa shape index (κ2) is 23.1. The van der Waals surface area contributed by atoms with Crippen LogP contribution in [0.3, 0.4) is 0 Å². The van der Waals surface area contributed by atoms with Gasteiger partial charge >= 0.3 is 7.82 Å². The van der Waals surface area contributed by atoms with Crippen molar-refractivity contribution >= 4 is 13.6 Å². The van der Waals surface area contributed by atoms with Crippen LogP contribution < -0.4 is 0 Å². The van der Waals surface area contributed by atoms with Gasteiger partial charge in [-0.05, 0) is 20.5 Å². The number of carbonyl (C=O) groups excluding carboxylic acids is 1. The fourth-order valence-corrected chi connectivity index (χ4v) is 4.20. The van der Waals surface area contributed by atoms with E-state index < -0.39 is 13.9 Å². The average Bonchev–Trinajstić information content (AvgIpc) is 2.78. The van der Waals surface area contributed by atoms with Gasteiger partial charge in [0.1, 0.15) is 12.7 Å². The molecule has 0 aliphatic heterocycles. The maximum Gasteiger partial charge on any atom is 0.472 e. The van der Waals surface area contributed by atoms with Crippen molar-refractivity contribution < 1.29 is 32.8 Å². The lowest BCUT2D eigenvalue weighted by Gasteiger charge is -2.18. The van der Waals surface area contributed by atoms with Crippen LogP contribution in [0.1, 0.15) is 96.8 Å². The maximum atomic E-state index is 12.0. The number of phosphoric acid groups is 1.